The van der Waals surface area contributed by atoms with Gasteiger partial charge in [-0.25, -0.2) is 4.79 Å². The molecule has 27 heavy (non-hydrogen) atoms. The van der Waals surface area contributed by atoms with Gasteiger partial charge in [-0.1, -0.05) is 29.8 Å². The number of carbonyl (C=O) groups is 3. The van der Waals surface area contributed by atoms with Crippen molar-refractivity contribution >= 4 is 23.5 Å². The lowest BCUT2D eigenvalue weighted by Crippen LogP contribution is -2.39. The minimum Gasteiger partial charge on any atom is -0.465 e. The highest BCUT2D eigenvalue weighted by Crippen LogP contribution is 2.46. The molecular formula is C21H22N2O4. The summed E-state index contributed by atoms with van der Waals surface area (Å²) in [6.07, 6.45) is 1.05. The Labute approximate surface area is 157 Å². The monoisotopic (exact) mass is 366 g/mol. The Morgan fingerprint density at radius 2 is 1.74 bits per heavy atom. The quantitative estimate of drug-likeness (QED) is 0.608. The molecule has 2 aromatic carbocycles. The van der Waals surface area contributed by atoms with Crippen molar-refractivity contribution in [2.24, 2.45) is 5.41 Å². The summed E-state index contributed by atoms with van der Waals surface area (Å²) in [5, 5.41) is 5.63. The third-order valence-electron chi connectivity index (χ3n) is 4.72. The van der Waals surface area contributed by atoms with Gasteiger partial charge in [0.15, 0.2) is 0 Å². The van der Waals surface area contributed by atoms with Crippen molar-refractivity contribution in [2.45, 2.75) is 26.3 Å². The molecule has 2 aromatic rings. The predicted octanol–water partition coefficient (Wildman–Crippen LogP) is 2.82. The van der Waals surface area contributed by atoms with Crippen LogP contribution in [0.15, 0.2) is 48.5 Å². The van der Waals surface area contributed by atoms with Crippen LogP contribution >= 0.6 is 0 Å². The van der Waals surface area contributed by atoms with Gasteiger partial charge < -0.3 is 15.4 Å². The van der Waals surface area contributed by atoms with E-state index < -0.39 is 11.4 Å². The van der Waals surface area contributed by atoms with Crippen LogP contribution in [0.5, 0.6) is 0 Å². The molecule has 6 heteroatoms. The highest BCUT2D eigenvalue weighted by Gasteiger charge is 2.56. The maximum atomic E-state index is 12.6. The van der Waals surface area contributed by atoms with Crippen molar-refractivity contribution in [3.05, 3.63) is 65.2 Å². The van der Waals surface area contributed by atoms with E-state index in [0.29, 0.717) is 30.6 Å². The van der Waals surface area contributed by atoms with E-state index in [2.05, 4.69) is 15.4 Å². The van der Waals surface area contributed by atoms with E-state index in [0.717, 1.165) is 11.1 Å². The van der Waals surface area contributed by atoms with Crippen molar-refractivity contribution in [3.63, 3.8) is 0 Å². The molecule has 0 saturated heterocycles. The fourth-order valence-corrected chi connectivity index (χ4v) is 2.91. The maximum absolute atomic E-state index is 12.6. The first-order valence-corrected chi connectivity index (χ1v) is 8.78. The van der Waals surface area contributed by atoms with E-state index >= 15 is 0 Å². The highest BCUT2D eigenvalue weighted by atomic mass is 16.5. The number of ether oxygens (including phenoxy) is 1. The molecule has 6 nitrogen and oxygen atoms in total. The first-order valence-electron chi connectivity index (χ1n) is 8.78. The maximum Gasteiger partial charge on any atom is 0.337 e. The Kier molecular flexibility index (Phi) is 5.26. The van der Waals surface area contributed by atoms with Gasteiger partial charge in [-0.2, -0.15) is 0 Å². The molecule has 0 bridgehead atoms. The molecule has 2 amide bonds. The number of aryl methyl sites for hydroxylation is 1. The van der Waals surface area contributed by atoms with Crippen molar-refractivity contribution < 1.29 is 19.1 Å². The first kappa shape index (κ1) is 18.6. The molecule has 1 saturated carbocycles. The average molecular weight is 366 g/mol. The molecule has 0 spiro atoms. The van der Waals surface area contributed by atoms with E-state index in [4.69, 9.17) is 0 Å². The Balaban J connectivity index is 1.60. The molecular weight excluding hydrogens is 344 g/mol. The van der Waals surface area contributed by atoms with Crippen molar-refractivity contribution in [3.8, 4) is 0 Å². The lowest BCUT2D eigenvalue weighted by molar-refractivity contribution is -0.134. The minimum atomic E-state index is -1.01. The third-order valence-corrected chi connectivity index (χ3v) is 4.72. The summed E-state index contributed by atoms with van der Waals surface area (Å²) < 4.78 is 4.64. The second kappa shape index (κ2) is 7.61. The fraction of sp³-hybridized carbons (Fsp3) is 0.286. The van der Waals surface area contributed by atoms with Crippen LogP contribution < -0.4 is 10.6 Å². The lowest BCUT2D eigenvalue weighted by Gasteiger charge is -2.16. The van der Waals surface area contributed by atoms with Gasteiger partial charge in [-0.05, 0) is 49.6 Å². The summed E-state index contributed by atoms with van der Waals surface area (Å²) in [7, 11) is 1.31. The number of hydrogen-bond acceptors (Lipinski definition) is 4. The van der Waals surface area contributed by atoms with Gasteiger partial charge in [0.1, 0.15) is 5.41 Å². The third kappa shape index (κ3) is 4.16. The number of methoxy groups -OCH3 is 1. The molecule has 2 N–H and O–H groups in total. The van der Waals surface area contributed by atoms with Gasteiger partial charge in [0.25, 0.3) is 0 Å². The van der Waals surface area contributed by atoms with Crippen LogP contribution in [0, 0.1) is 12.3 Å². The zero-order valence-corrected chi connectivity index (χ0v) is 15.4. The number of rotatable bonds is 6. The number of hydrogen-bond donors (Lipinski definition) is 2. The molecule has 0 radical (unpaired) electrons. The molecule has 1 aliphatic carbocycles. The fourth-order valence-electron chi connectivity index (χ4n) is 2.91. The van der Waals surface area contributed by atoms with Gasteiger partial charge >= 0.3 is 5.97 Å². The zero-order chi connectivity index (χ0) is 19.4. The highest BCUT2D eigenvalue weighted by molar-refractivity contribution is 6.13. The molecule has 3 rings (SSSR count). The first-order chi connectivity index (χ1) is 12.9. The Morgan fingerprint density at radius 3 is 2.33 bits per heavy atom. The molecule has 140 valence electrons. The summed E-state index contributed by atoms with van der Waals surface area (Å²) in [5.41, 5.74) is 2.04. The van der Waals surface area contributed by atoms with Crippen LogP contribution in [0.3, 0.4) is 0 Å². The lowest BCUT2D eigenvalue weighted by atomic mass is 10.0. The van der Waals surface area contributed by atoms with Crippen LogP contribution in [0.1, 0.15) is 34.3 Å². The van der Waals surface area contributed by atoms with E-state index in [9.17, 15) is 14.4 Å². The van der Waals surface area contributed by atoms with Gasteiger partial charge in [0.2, 0.25) is 11.8 Å². The van der Waals surface area contributed by atoms with E-state index in [-0.39, 0.29) is 11.8 Å². The molecule has 0 heterocycles. The number of nitrogens with one attached hydrogen (secondary N) is 2. The van der Waals surface area contributed by atoms with Gasteiger partial charge in [-0.3, -0.25) is 9.59 Å². The van der Waals surface area contributed by atoms with Crippen LogP contribution in [0.2, 0.25) is 0 Å². The van der Waals surface area contributed by atoms with Crippen molar-refractivity contribution in [1.29, 1.82) is 0 Å². The van der Waals surface area contributed by atoms with Gasteiger partial charge in [0.05, 0.1) is 12.7 Å². The van der Waals surface area contributed by atoms with Gasteiger partial charge in [0, 0.05) is 12.2 Å². The van der Waals surface area contributed by atoms with Crippen LogP contribution in [0.4, 0.5) is 5.69 Å². The smallest absolute Gasteiger partial charge is 0.337 e. The molecule has 0 aliphatic heterocycles. The van der Waals surface area contributed by atoms with Crippen LogP contribution in [-0.4, -0.2) is 24.9 Å². The Bertz CT molecular complexity index is 870. The SMILES string of the molecule is COC(=O)c1ccc(NC(=O)C2(C(=O)NCc3cccc(C)c3)CC2)cc1. The summed E-state index contributed by atoms with van der Waals surface area (Å²) in [5.74, 6) is -1.02. The molecule has 0 unspecified atom stereocenters. The molecule has 1 aliphatic rings. The normalized spacial score (nSPS) is 14.1. The second-order valence-electron chi connectivity index (χ2n) is 6.78. The average Bonchev–Trinajstić information content (AvgIpc) is 3.48. The summed E-state index contributed by atoms with van der Waals surface area (Å²) >= 11 is 0. The second-order valence-corrected chi connectivity index (χ2v) is 6.78. The van der Waals surface area contributed by atoms with Gasteiger partial charge in [-0.15, -0.1) is 0 Å². The summed E-state index contributed by atoms with van der Waals surface area (Å²) in [4.78, 5) is 36.6. The number of benzene rings is 2. The molecule has 1 fully saturated rings. The largest absolute Gasteiger partial charge is 0.465 e. The van der Waals surface area contributed by atoms with Crippen molar-refractivity contribution in [1.82, 2.24) is 5.32 Å². The van der Waals surface area contributed by atoms with Crippen LogP contribution in [-0.2, 0) is 20.9 Å². The van der Waals surface area contributed by atoms with Crippen molar-refractivity contribution in [2.75, 3.05) is 12.4 Å². The summed E-state index contributed by atoms with van der Waals surface area (Å²) in [6, 6.07) is 14.2. The van der Waals surface area contributed by atoms with E-state index in [1.165, 1.54) is 7.11 Å². The number of anilines is 1. The van der Waals surface area contributed by atoms with E-state index in [1.54, 1.807) is 24.3 Å². The number of amides is 2. The standard InChI is InChI=1S/C21H22N2O4/c1-14-4-3-5-15(12-14)13-22-19(25)21(10-11-21)20(26)23-17-8-6-16(7-9-17)18(24)27-2/h3-9,12H,10-11,13H2,1-2H3,(H,22,25)(H,23,26). The Morgan fingerprint density at radius 1 is 1.04 bits per heavy atom. The topological polar surface area (TPSA) is 84.5 Å². The zero-order valence-electron chi connectivity index (χ0n) is 15.4. The minimum absolute atomic E-state index is 0.257. The van der Waals surface area contributed by atoms with E-state index in [1.807, 2.05) is 31.2 Å². The molecule has 0 atom stereocenters. The number of carbonyl (C=O) groups excluding carboxylic acids is 3. The Hall–Kier alpha value is -3.15. The molecule has 0 aromatic heterocycles. The number of esters is 1. The predicted molar refractivity (Wildman–Crippen MR) is 101 cm³/mol. The summed E-state index contributed by atoms with van der Waals surface area (Å²) in [6.45, 7) is 2.38. The van der Waals surface area contributed by atoms with Crippen LogP contribution in [0.25, 0.3) is 0 Å².